The third kappa shape index (κ3) is 12.2. The molecule has 14 atom stereocenters. The monoisotopic (exact) mass is 898 g/mol. The summed E-state index contributed by atoms with van der Waals surface area (Å²) >= 11 is 0. The summed E-state index contributed by atoms with van der Waals surface area (Å²) in [5, 5.41) is 23.9. The zero-order valence-electron chi connectivity index (χ0n) is 39.8. The van der Waals surface area contributed by atoms with Crippen molar-refractivity contribution in [1.29, 1.82) is 0 Å². The molecular weight excluding hydrogens is 823 g/mol. The summed E-state index contributed by atoms with van der Waals surface area (Å²) < 4.78 is 42.0. The fourth-order valence-electron chi connectivity index (χ4n) is 10.3. The van der Waals surface area contributed by atoms with Gasteiger partial charge in [-0.2, -0.15) is 0 Å². The average molecular weight is 898 g/mol. The molecule has 3 fully saturated rings. The molecule has 2 N–H and O–H groups in total. The van der Waals surface area contributed by atoms with E-state index >= 15 is 0 Å². The maximum atomic E-state index is 14.5. The largest absolute Gasteiger partial charge is 0.497 e. The van der Waals surface area contributed by atoms with Crippen LogP contribution in [0.4, 0.5) is 0 Å². The van der Waals surface area contributed by atoms with Crippen LogP contribution < -0.4 is 9.47 Å². The quantitative estimate of drug-likeness (QED) is 0.155. The summed E-state index contributed by atoms with van der Waals surface area (Å²) in [4.78, 5) is 58.3. The van der Waals surface area contributed by atoms with Gasteiger partial charge >= 0.3 is 5.97 Å². The number of fused-ring (bicyclic) bond motifs is 3. The van der Waals surface area contributed by atoms with Gasteiger partial charge in [-0.3, -0.25) is 14.4 Å². The zero-order chi connectivity index (χ0) is 46.9. The van der Waals surface area contributed by atoms with E-state index in [1.165, 1.54) is 19.1 Å². The van der Waals surface area contributed by atoms with Crippen molar-refractivity contribution in [2.24, 2.45) is 29.6 Å². The van der Waals surface area contributed by atoms with E-state index in [1.54, 1.807) is 28.1 Å². The van der Waals surface area contributed by atoms with Crippen LogP contribution in [0, 0.1) is 29.6 Å². The molecule has 1 aromatic rings. The first kappa shape index (κ1) is 51.3. The number of hydrogen-bond donors (Lipinski definition) is 2. The van der Waals surface area contributed by atoms with Gasteiger partial charge in [0, 0.05) is 52.0 Å². The molecule has 4 aliphatic rings. The molecule has 14 heteroatoms. The second-order valence-corrected chi connectivity index (χ2v) is 18.9. The number of carbonyl (C=O) groups is 4. The first-order valence-electron chi connectivity index (χ1n) is 23.4. The minimum Gasteiger partial charge on any atom is -0.497 e. The molecule has 1 aromatic carbocycles. The van der Waals surface area contributed by atoms with E-state index in [0.717, 1.165) is 17.7 Å². The van der Waals surface area contributed by atoms with Crippen molar-refractivity contribution >= 4 is 23.4 Å². The maximum absolute atomic E-state index is 14.5. The molecule has 1 amide bonds. The van der Waals surface area contributed by atoms with Gasteiger partial charge in [-0.1, -0.05) is 45.4 Å². The molecule has 0 radical (unpaired) electrons. The minimum absolute atomic E-state index is 0.0123. The van der Waals surface area contributed by atoms with E-state index in [2.05, 4.69) is 13.0 Å². The standard InChI is InChI=1S/C50H75NO13/c1-11-35-23-29(2)22-30(3)24-43(60-9)46-44(61-10)26-32(5)50(57,64-46)47(54)48(55)51-21-13-12-14-38(51)49(56)63-45(33(6)39(52)28-40(35)53)31(4)25-34-15-20-41(42(27-34)59-8)62-37-18-16-36(58-7)17-19-37/h16-19,23,25,30,32-35,38-39,41-46,52,57H,11-15,20-22,24,26-28H2,1-10H3/b29-23+,31-25+/t30-,32+,33+,34-,35+,38-,39-,41+,42+,43-,44-,45+,46+,50+/m0/s1. The first-order chi connectivity index (χ1) is 30.5. The molecule has 1 saturated carbocycles. The second kappa shape index (κ2) is 23.2. The minimum atomic E-state index is -2.51. The SMILES string of the molecule is CC[C@@H]1/C=C(\C)C[C@H](C)C[C@H](OC)[C@H]2O[C@@](O)(C(=O)C(=O)N3CCCC[C@H]3C(=O)O[C@H](/C(C)=C/[C@@H]3CC[C@@H](Oc4ccc(OC)cc4)[C@H](OC)C3)[C@H](C)[C@@H](O)CC1=O)[C@H](C)C[C@@H]2OC. The van der Waals surface area contributed by atoms with Gasteiger partial charge in [-0.25, -0.2) is 4.79 Å². The number of amides is 1. The van der Waals surface area contributed by atoms with Crippen molar-refractivity contribution in [3.8, 4) is 11.5 Å². The fourth-order valence-corrected chi connectivity index (χ4v) is 10.3. The Labute approximate surface area is 380 Å². The number of Topliss-reactive ketones (excluding diaryl/α,β-unsaturated/α-hetero) is 2. The van der Waals surface area contributed by atoms with Crippen LogP contribution in [0.5, 0.6) is 11.5 Å². The van der Waals surface area contributed by atoms with E-state index in [9.17, 15) is 29.4 Å². The Hall–Kier alpha value is -3.66. The highest BCUT2D eigenvalue weighted by molar-refractivity contribution is 6.39. The molecule has 2 saturated heterocycles. The topological polar surface area (TPSA) is 177 Å². The smallest absolute Gasteiger partial charge is 0.329 e. The van der Waals surface area contributed by atoms with Crippen molar-refractivity contribution in [3.63, 3.8) is 0 Å². The third-order valence-electron chi connectivity index (χ3n) is 14.2. The summed E-state index contributed by atoms with van der Waals surface area (Å²) in [6.07, 6.45) is 4.55. The van der Waals surface area contributed by atoms with Gasteiger partial charge in [0.15, 0.2) is 0 Å². The van der Waals surface area contributed by atoms with Gasteiger partial charge in [-0.05, 0) is 120 Å². The number of aliphatic hydroxyl groups is 2. The van der Waals surface area contributed by atoms with Gasteiger partial charge < -0.3 is 48.3 Å². The predicted octanol–water partition coefficient (Wildman–Crippen LogP) is 6.57. The van der Waals surface area contributed by atoms with Gasteiger partial charge in [0.25, 0.3) is 11.7 Å². The van der Waals surface area contributed by atoms with Crippen LogP contribution in [0.25, 0.3) is 0 Å². The number of allylic oxidation sites excluding steroid dienone is 3. The third-order valence-corrected chi connectivity index (χ3v) is 14.2. The Kier molecular flexibility index (Phi) is 18.6. The number of methoxy groups -OCH3 is 4. The molecule has 358 valence electrons. The Morgan fingerprint density at radius 3 is 2.16 bits per heavy atom. The number of benzene rings is 1. The van der Waals surface area contributed by atoms with E-state index in [0.29, 0.717) is 56.3 Å². The van der Waals surface area contributed by atoms with Crippen LogP contribution in [0.1, 0.15) is 112 Å². The Morgan fingerprint density at radius 2 is 1.52 bits per heavy atom. The van der Waals surface area contributed by atoms with Crippen LogP contribution >= 0.6 is 0 Å². The number of hydrogen-bond acceptors (Lipinski definition) is 13. The van der Waals surface area contributed by atoms with E-state index < -0.39 is 77.8 Å². The number of aliphatic hydroxyl groups excluding tert-OH is 1. The number of nitrogens with zero attached hydrogens (tertiary/aromatic N) is 1. The van der Waals surface area contributed by atoms with Crippen LogP contribution in [0.3, 0.4) is 0 Å². The van der Waals surface area contributed by atoms with Crippen molar-refractivity contribution in [3.05, 3.63) is 47.6 Å². The summed E-state index contributed by atoms with van der Waals surface area (Å²) in [6, 6.07) is 6.28. The van der Waals surface area contributed by atoms with Crippen molar-refractivity contribution in [1.82, 2.24) is 4.90 Å². The molecule has 3 heterocycles. The average Bonchev–Trinajstić information content (AvgIpc) is 3.29. The summed E-state index contributed by atoms with van der Waals surface area (Å²) in [7, 11) is 6.35. The number of ether oxygens (including phenoxy) is 7. The molecule has 14 nitrogen and oxygen atoms in total. The lowest BCUT2D eigenvalue weighted by atomic mass is 9.81. The van der Waals surface area contributed by atoms with E-state index in [-0.39, 0.29) is 55.6 Å². The maximum Gasteiger partial charge on any atom is 0.329 e. The number of rotatable bonds is 9. The Bertz CT molecular complexity index is 1800. The molecule has 0 spiro atoms. The number of carbonyl (C=O) groups excluding carboxylic acids is 4. The number of esters is 1. The normalized spacial score (nSPS) is 37.7. The number of ketones is 2. The lowest BCUT2D eigenvalue weighted by molar-refractivity contribution is -0.302. The molecule has 0 unspecified atom stereocenters. The predicted molar refractivity (Wildman–Crippen MR) is 239 cm³/mol. The number of cyclic esters (lactones) is 1. The number of piperidine rings is 1. The van der Waals surface area contributed by atoms with Crippen LogP contribution in [0.2, 0.25) is 0 Å². The van der Waals surface area contributed by atoms with Crippen molar-refractivity contribution in [2.75, 3.05) is 35.0 Å². The van der Waals surface area contributed by atoms with Gasteiger partial charge in [0.05, 0.1) is 31.5 Å². The van der Waals surface area contributed by atoms with Crippen LogP contribution in [-0.2, 0) is 42.9 Å². The first-order valence-corrected chi connectivity index (χ1v) is 23.4. The van der Waals surface area contributed by atoms with E-state index in [4.69, 9.17) is 33.2 Å². The van der Waals surface area contributed by atoms with Crippen LogP contribution in [0.15, 0.2) is 47.6 Å². The molecule has 3 aliphatic heterocycles. The summed E-state index contributed by atoms with van der Waals surface area (Å²) in [6.45, 7) is 11.3. The molecule has 1 aliphatic carbocycles. The highest BCUT2D eigenvalue weighted by Gasteiger charge is 2.56. The summed E-state index contributed by atoms with van der Waals surface area (Å²) in [5.41, 5.74) is 1.68. The Morgan fingerprint density at radius 1 is 0.859 bits per heavy atom. The summed E-state index contributed by atoms with van der Waals surface area (Å²) in [5.74, 6) is -6.06. The lowest BCUT2D eigenvalue weighted by Crippen LogP contribution is -2.64. The molecule has 0 aromatic heterocycles. The van der Waals surface area contributed by atoms with E-state index in [1.807, 2.05) is 51.1 Å². The van der Waals surface area contributed by atoms with Gasteiger partial charge in [0.2, 0.25) is 5.79 Å². The Balaban J connectivity index is 1.48. The lowest BCUT2D eigenvalue weighted by Gasteiger charge is -2.47. The highest BCUT2D eigenvalue weighted by atomic mass is 16.7. The molecule has 64 heavy (non-hydrogen) atoms. The van der Waals surface area contributed by atoms with Gasteiger partial charge in [-0.15, -0.1) is 0 Å². The van der Waals surface area contributed by atoms with Gasteiger partial charge in [0.1, 0.15) is 41.6 Å². The van der Waals surface area contributed by atoms with Crippen molar-refractivity contribution in [2.45, 2.75) is 167 Å². The molecule has 5 rings (SSSR count). The zero-order valence-corrected chi connectivity index (χ0v) is 39.8. The second-order valence-electron chi connectivity index (χ2n) is 18.9. The highest BCUT2D eigenvalue weighted by Crippen LogP contribution is 2.39. The molecular formula is C50H75NO13. The fraction of sp³-hybridized carbons (Fsp3) is 0.720. The van der Waals surface area contributed by atoms with Crippen LogP contribution in [-0.4, -0.2) is 128 Å². The molecule has 2 bridgehead atoms. The van der Waals surface area contributed by atoms with Crippen molar-refractivity contribution < 1.29 is 62.5 Å².